The lowest BCUT2D eigenvalue weighted by Gasteiger charge is -2.22. The standard InChI is InChI=1S/C26H16F6O8/c1-11(33)15-5-3-13(9-17(15)23(35)36)39-19-7-8-20(22(26(30,31)32)21(19)25(27,28)29)40-14-4-6-16(12(2)34)18(10-14)24(37)38/h3-10H,1-2H3,(H,35,36)(H,37,38). The fraction of sp³-hybridized carbons (Fsp3) is 0.154. The fourth-order valence-corrected chi connectivity index (χ4v) is 3.69. The predicted molar refractivity (Wildman–Crippen MR) is 123 cm³/mol. The predicted octanol–water partition coefficient (Wildman–Crippen LogP) is 7.11. The van der Waals surface area contributed by atoms with E-state index in [0.717, 1.165) is 38.1 Å². The van der Waals surface area contributed by atoms with Crippen LogP contribution in [0.25, 0.3) is 0 Å². The molecule has 40 heavy (non-hydrogen) atoms. The number of benzene rings is 3. The molecule has 0 heterocycles. The molecule has 0 aromatic heterocycles. The molecule has 0 amide bonds. The van der Waals surface area contributed by atoms with Crippen molar-refractivity contribution in [3.8, 4) is 23.0 Å². The second-order valence-electron chi connectivity index (χ2n) is 8.15. The van der Waals surface area contributed by atoms with E-state index in [4.69, 9.17) is 9.47 Å². The lowest BCUT2D eigenvalue weighted by atomic mass is 10.0. The van der Waals surface area contributed by atoms with Gasteiger partial charge in [-0.25, -0.2) is 9.59 Å². The molecule has 0 atom stereocenters. The largest absolute Gasteiger partial charge is 0.478 e. The minimum absolute atomic E-state index is 0.313. The molecule has 2 N–H and O–H groups in total. The van der Waals surface area contributed by atoms with Crippen molar-refractivity contribution in [3.05, 3.63) is 81.9 Å². The summed E-state index contributed by atoms with van der Waals surface area (Å²) in [5.74, 6) is -8.60. The first-order valence-corrected chi connectivity index (χ1v) is 10.9. The molecule has 3 aromatic carbocycles. The molecular formula is C26H16F6O8. The molecule has 0 saturated carbocycles. The number of carbonyl (C=O) groups is 4. The summed E-state index contributed by atoms with van der Waals surface area (Å²) in [6, 6.07) is 6.03. The molecule has 0 unspecified atom stereocenters. The number of hydrogen-bond acceptors (Lipinski definition) is 6. The second-order valence-corrected chi connectivity index (χ2v) is 8.15. The number of carbonyl (C=O) groups excluding carboxylic acids is 2. The Kier molecular flexibility index (Phi) is 7.94. The highest BCUT2D eigenvalue weighted by atomic mass is 19.4. The SMILES string of the molecule is CC(=O)c1ccc(Oc2ccc(Oc3ccc(C(C)=O)c(C(=O)O)c3)c(C(F)(F)F)c2C(F)(F)F)cc1C(=O)O. The molecule has 8 nitrogen and oxygen atoms in total. The van der Waals surface area contributed by atoms with Crippen LogP contribution in [0, 0.1) is 0 Å². The third-order valence-electron chi connectivity index (χ3n) is 5.35. The zero-order valence-corrected chi connectivity index (χ0v) is 20.2. The zero-order chi connectivity index (χ0) is 30.2. The summed E-state index contributed by atoms with van der Waals surface area (Å²) in [7, 11) is 0. The molecule has 14 heteroatoms. The Hall–Kier alpha value is -4.88. The van der Waals surface area contributed by atoms with Gasteiger partial charge >= 0.3 is 24.3 Å². The first-order chi connectivity index (χ1) is 18.4. The van der Waals surface area contributed by atoms with Gasteiger partial charge in [-0.05, 0) is 62.4 Å². The maximum Gasteiger partial charge on any atom is 0.420 e. The summed E-state index contributed by atoms with van der Waals surface area (Å²) >= 11 is 0. The van der Waals surface area contributed by atoms with Crippen molar-refractivity contribution in [1.29, 1.82) is 0 Å². The maximum atomic E-state index is 14.1. The molecule has 0 aliphatic carbocycles. The van der Waals surface area contributed by atoms with E-state index in [1.807, 2.05) is 0 Å². The van der Waals surface area contributed by atoms with Crippen LogP contribution in [-0.4, -0.2) is 33.7 Å². The number of Topliss-reactive ketones (excluding diaryl/α,β-unsaturated/α-hetero) is 2. The van der Waals surface area contributed by atoms with Crippen LogP contribution in [0.5, 0.6) is 23.0 Å². The summed E-state index contributed by atoms with van der Waals surface area (Å²) < 4.78 is 94.4. The number of ketones is 2. The van der Waals surface area contributed by atoms with Crippen molar-refractivity contribution in [1.82, 2.24) is 0 Å². The van der Waals surface area contributed by atoms with E-state index in [-0.39, 0.29) is 11.1 Å². The first kappa shape index (κ1) is 29.7. The van der Waals surface area contributed by atoms with Crippen LogP contribution in [0.2, 0.25) is 0 Å². The Morgan fingerprint density at radius 1 is 0.575 bits per heavy atom. The molecule has 3 rings (SSSR count). The summed E-state index contributed by atoms with van der Waals surface area (Å²) in [6.07, 6.45) is -11.4. The average molecular weight is 570 g/mol. The Morgan fingerprint density at radius 3 is 1.15 bits per heavy atom. The normalized spacial score (nSPS) is 11.6. The first-order valence-electron chi connectivity index (χ1n) is 10.9. The summed E-state index contributed by atoms with van der Waals surface area (Å²) in [4.78, 5) is 46.2. The van der Waals surface area contributed by atoms with Crippen LogP contribution in [0.1, 0.15) is 66.4 Å². The van der Waals surface area contributed by atoms with Crippen LogP contribution in [-0.2, 0) is 12.4 Å². The number of carboxylic acids is 2. The van der Waals surface area contributed by atoms with Gasteiger partial charge in [-0.3, -0.25) is 9.59 Å². The van der Waals surface area contributed by atoms with E-state index in [1.54, 1.807) is 0 Å². The van der Waals surface area contributed by atoms with Gasteiger partial charge < -0.3 is 19.7 Å². The fourth-order valence-electron chi connectivity index (χ4n) is 3.69. The van der Waals surface area contributed by atoms with Crippen molar-refractivity contribution in [2.45, 2.75) is 26.2 Å². The van der Waals surface area contributed by atoms with Gasteiger partial charge in [0.1, 0.15) is 34.1 Å². The van der Waals surface area contributed by atoms with Crippen LogP contribution in [0.15, 0.2) is 48.5 Å². The minimum atomic E-state index is -5.68. The van der Waals surface area contributed by atoms with Gasteiger partial charge in [0.2, 0.25) is 0 Å². The van der Waals surface area contributed by atoms with Crippen molar-refractivity contribution in [3.63, 3.8) is 0 Å². The Balaban J connectivity index is 2.20. The smallest absolute Gasteiger partial charge is 0.420 e. The minimum Gasteiger partial charge on any atom is -0.478 e. The number of rotatable bonds is 8. The Morgan fingerprint density at radius 2 is 0.900 bits per heavy atom. The third-order valence-corrected chi connectivity index (χ3v) is 5.35. The molecule has 3 aromatic rings. The van der Waals surface area contributed by atoms with Gasteiger partial charge in [0, 0.05) is 11.1 Å². The highest BCUT2D eigenvalue weighted by Gasteiger charge is 2.48. The average Bonchev–Trinajstić information content (AvgIpc) is 2.82. The summed E-state index contributed by atoms with van der Waals surface area (Å²) in [5.41, 5.74) is -6.57. The summed E-state index contributed by atoms with van der Waals surface area (Å²) in [6.45, 7) is 2.07. The Bertz CT molecular complexity index is 1420. The van der Waals surface area contributed by atoms with Crippen LogP contribution < -0.4 is 9.47 Å². The lowest BCUT2D eigenvalue weighted by Crippen LogP contribution is -2.19. The maximum absolute atomic E-state index is 14.1. The monoisotopic (exact) mass is 570 g/mol. The number of alkyl halides is 6. The number of carboxylic acid groups (broad SMARTS) is 2. The molecule has 0 fully saturated rings. The number of aromatic carboxylic acids is 2. The van der Waals surface area contributed by atoms with Gasteiger partial charge in [0.15, 0.2) is 11.6 Å². The highest BCUT2D eigenvalue weighted by Crippen LogP contribution is 2.50. The third kappa shape index (κ3) is 6.22. The summed E-state index contributed by atoms with van der Waals surface area (Å²) in [5, 5.41) is 18.6. The van der Waals surface area contributed by atoms with Crippen LogP contribution >= 0.6 is 0 Å². The van der Waals surface area contributed by atoms with E-state index in [0.29, 0.717) is 24.3 Å². The molecule has 0 bridgehead atoms. The van der Waals surface area contributed by atoms with Gasteiger partial charge in [0.05, 0.1) is 11.1 Å². The van der Waals surface area contributed by atoms with E-state index in [9.17, 15) is 55.7 Å². The molecular weight excluding hydrogens is 554 g/mol. The lowest BCUT2D eigenvalue weighted by molar-refractivity contribution is -0.163. The number of hydrogen-bond donors (Lipinski definition) is 2. The van der Waals surface area contributed by atoms with Crippen LogP contribution in [0.4, 0.5) is 26.3 Å². The number of ether oxygens (including phenoxy) is 2. The molecule has 0 spiro atoms. The zero-order valence-electron chi connectivity index (χ0n) is 20.2. The highest BCUT2D eigenvalue weighted by molar-refractivity contribution is 6.05. The van der Waals surface area contributed by atoms with Gasteiger partial charge in [0.25, 0.3) is 0 Å². The van der Waals surface area contributed by atoms with Gasteiger partial charge in [-0.2, -0.15) is 26.3 Å². The van der Waals surface area contributed by atoms with Crippen molar-refractivity contribution < 1.29 is 65.2 Å². The quantitative estimate of drug-likeness (QED) is 0.217. The second kappa shape index (κ2) is 10.7. The Labute approximate surface area is 220 Å². The number of halogens is 6. The van der Waals surface area contributed by atoms with Crippen LogP contribution in [0.3, 0.4) is 0 Å². The van der Waals surface area contributed by atoms with Crippen molar-refractivity contribution in [2.24, 2.45) is 0 Å². The van der Waals surface area contributed by atoms with E-state index in [1.165, 1.54) is 0 Å². The molecule has 0 aliphatic heterocycles. The van der Waals surface area contributed by atoms with E-state index in [2.05, 4.69) is 0 Å². The molecule has 210 valence electrons. The van der Waals surface area contributed by atoms with Gasteiger partial charge in [-0.15, -0.1) is 0 Å². The van der Waals surface area contributed by atoms with E-state index >= 15 is 0 Å². The van der Waals surface area contributed by atoms with Crippen molar-refractivity contribution >= 4 is 23.5 Å². The molecule has 0 radical (unpaired) electrons. The van der Waals surface area contributed by atoms with E-state index < -0.39 is 81.1 Å². The van der Waals surface area contributed by atoms with Gasteiger partial charge in [-0.1, -0.05) is 0 Å². The topological polar surface area (TPSA) is 127 Å². The van der Waals surface area contributed by atoms with Crippen molar-refractivity contribution in [2.75, 3.05) is 0 Å². The molecule has 0 saturated heterocycles. The molecule has 0 aliphatic rings.